The van der Waals surface area contributed by atoms with Gasteiger partial charge >= 0.3 is 6.01 Å². The summed E-state index contributed by atoms with van der Waals surface area (Å²) in [6.45, 7) is 12.3. The second-order valence-electron chi connectivity index (χ2n) is 15.2. The van der Waals surface area contributed by atoms with Crippen molar-refractivity contribution < 1.29 is 14.3 Å². The number of fused-ring (bicyclic) bond motifs is 2. The predicted molar refractivity (Wildman–Crippen MR) is 195 cm³/mol. The lowest BCUT2D eigenvalue weighted by molar-refractivity contribution is -0.120. The van der Waals surface area contributed by atoms with Gasteiger partial charge in [-0.1, -0.05) is 19.1 Å². The average molecular weight is 663 g/mol. The third-order valence-corrected chi connectivity index (χ3v) is 11.9. The number of carbonyl (C=O) groups excluding carboxylic acids is 1. The molecule has 49 heavy (non-hydrogen) atoms. The molecule has 9 nitrogen and oxygen atoms in total. The summed E-state index contributed by atoms with van der Waals surface area (Å²) in [6, 6.07) is 7.10. The third kappa shape index (κ3) is 6.08. The van der Waals surface area contributed by atoms with E-state index in [1.54, 1.807) is 0 Å². The molecule has 2 aromatic carbocycles. The number of hydrogen-bond donors (Lipinski definition) is 1. The molecule has 1 spiro atoms. The summed E-state index contributed by atoms with van der Waals surface area (Å²) in [5.74, 6) is 2.57. The summed E-state index contributed by atoms with van der Waals surface area (Å²) >= 11 is 0. The van der Waals surface area contributed by atoms with Gasteiger partial charge in [-0.2, -0.15) is 15.1 Å². The normalized spacial score (nSPS) is 21.8. The minimum absolute atomic E-state index is 0.0790. The fourth-order valence-corrected chi connectivity index (χ4v) is 8.99. The molecule has 2 aliphatic heterocycles. The van der Waals surface area contributed by atoms with Crippen molar-refractivity contribution in [3.63, 3.8) is 0 Å². The van der Waals surface area contributed by atoms with Crippen molar-refractivity contribution in [3.8, 4) is 22.9 Å². The van der Waals surface area contributed by atoms with Crippen LogP contribution < -0.4 is 14.4 Å². The van der Waals surface area contributed by atoms with Crippen LogP contribution in [0.1, 0.15) is 88.2 Å². The highest BCUT2D eigenvalue weighted by molar-refractivity contribution is 6.06. The van der Waals surface area contributed by atoms with Crippen molar-refractivity contribution in [1.82, 2.24) is 25.1 Å². The number of hydrogen-bond acceptors (Lipinski definition) is 8. The number of likely N-dealkylation sites (tertiary alicyclic amines) is 1. The summed E-state index contributed by atoms with van der Waals surface area (Å²) in [5, 5.41) is 9.75. The van der Waals surface area contributed by atoms with Crippen molar-refractivity contribution in [2.24, 2.45) is 11.3 Å². The maximum atomic E-state index is 12.7. The number of ketones is 1. The number of aromatic nitrogens is 4. The van der Waals surface area contributed by atoms with Crippen LogP contribution in [0.15, 0.2) is 37.1 Å². The summed E-state index contributed by atoms with van der Waals surface area (Å²) in [5.41, 5.74) is 6.85. The first-order valence-corrected chi connectivity index (χ1v) is 18.6. The second kappa shape index (κ2) is 13.0. The number of aryl methyl sites for hydroxylation is 1. The molecule has 4 aliphatic rings. The molecule has 0 amide bonds. The number of ether oxygens (including phenoxy) is 2. The fourth-order valence-electron chi connectivity index (χ4n) is 8.99. The zero-order valence-electron chi connectivity index (χ0n) is 29.4. The van der Waals surface area contributed by atoms with E-state index in [0.717, 1.165) is 128 Å². The zero-order valence-corrected chi connectivity index (χ0v) is 29.4. The number of carbonyl (C=O) groups is 1. The van der Waals surface area contributed by atoms with E-state index in [-0.39, 0.29) is 23.2 Å². The van der Waals surface area contributed by atoms with E-state index in [1.165, 1.54) is 23.6 Å². The molecule has 1 unspecified atom stereocenters. The van der Waals surface area contributed by atoms with Crippen LogP contribution in [0.3, 0.4) is 0 Å². The van der Waals surface area contributed by atoms with Crippen molar-refractivity contribution in [2.75, 3.05) is 44.7 Å². The van der Waals surface area contributed by atoms with Gasteiger partial charge in [0.25, 0.3) is 0 Å². The number of nitrogens with one attached hydrogen (secondary N) is 1. The summed E-state index contributed by atoms with van der Waals surface area (Å²) in [7, 11) is 2.17. The largest absolute Gasteiger partial charge is 0.491 e. The van der Waals surface area contributed by atoms with Gasteiger partial charge in [0.2, 0.25) is 0 Å². The molecule has 1 atom stereocenters. The van der Waals surface area contributed by atoms with E-state index < -0.39 is 0 Å². The summed E-state index contributed by atoms with van der Waals surface area (Å²) in [6.07, 6.45) is 14.2. The number of anilines is 1. The average Bonchev–Trinajstić information content (AvgIpc) is 3.86. The Kier molecular flexibility index (Phi) is 8.58. The molecule has 2 saturated heterocycles. The van der Waals surface area contributed by atoms with E-state index >= 15 is 0 Å². The number of H-pyrrole nitrogens is 1. The van der Waals surface area contributed by atoms with Crippen LogP contribution in [0, 0.1) is 18.3 Å². The quantitative estimate of drug-likeness (QED) is 0.182. The molecule has 9 heteroatoms. The van der Waals surface area contributed by atoms with Gasteiger partial charge in [-0.05, 0) is 125 Å². The zero-order chi connectivity index (χ0) is 33.7. The number of aromatic amines is 1. The number of benzene rings is 2. The smallest absolute Gasteiger partial charge is 0.319 e. The van der Waals surface area contributed by atoms with Gasteiger partial charge in [0.1, 0.15) is 17.4 Å². The van der Waals surface area contributed by atoms with E-state index in [1.807, 2.05) is 6.20 Å². The molecule has 2 aliphatic carbocycles. The Balaban J connectivity index is 1.26. The number of rotatable bonds is 9. The lowest BCUT2D eigenvalue weighted by atomic mass is 9.64. The van der Waals surface area contributed by atoms with E-state index in [0.29, 0.717) is 18.5 Å². The highest BCUT2D eigenvalue weighted by Crippen LogP contribution is 2.53. The topological polar surface area (TPSA) is 96.5 Å². The molecule has 4 fully saturated rings. The molecular weight excluding hydrogens is 612 g/mol. The van der Waals surface area contributed by atoms with Crippen LogP contribution >= 0.6 is 0 Å². The maximum absolute atomic E-state index is 12.7. The molecule has 8 rings (SSSR count). The van der Waals surface area contributed by atoms with Crippen molar-refractivity contribution >= 4 is 33.4 Å². The minimum Gasteiger partial charge on any atom is -0.491 e. The number of nitrogens with zero attached hydrogens (tertiary/aromatic N) is 5. The van der Waals surface area contributed by atoms with Gasteiger partial charge in [0.05, 0.1) is 18.3 Å². The van der Waals surface area contributed by atoms with Crippen molar-refractivity contribution in [2.45, 2.75) is 90.1 Å². The van der Waals surface area contributed by atoms with Gasteiger partial charge in [-0.3, -0.25) is 9.89 Å². The number of piperidine rings is 2. The SMILES string of the molecule is C=CC(=O)C1CCCC2(CCN(c3nc(OC4CCN(C)CC4)nc4c(OCC)c(-c5c(C)ccc6[nH]ncc56)c(C5CC5)cc34)CC2)C1. The molecule has 4 aromatic rings. The Bertz CT molecular complexity index is 1880. The van der Waals surface area contributed by atoms with Crippen LogP contribution in [0.2, 0.25) is 0 Å². The highest BCUT2D eigenvalue weighted by Gasteiger charge is 2.41. The second-order valence-corrected chi connectivity index (χ2v) is 15.2. The van der Waals surface area contributed by atoms with Crippen LogP contribution in [0.4, 0.5) is 5.82 Å². The summed E-state index contributed by atoms with van der Waals surface area (Å²) < 4.78 is 13.4. The first kappa shape index (κ1) is 32.2. The van der Waals surface area contributed by atoms with Gasteiger partial charge in [-0.15, -0.1) is 0 Å². The van der Waals surface area contributed by atoms with Gasteiger partial charge in [0, 0.05) is 48.4 Å². The van der Waals surface area contributed by atoms with E-state index in [9.17, 15) is 4.79 Å². The Hall–Kier alpha value is -3.98. The molecular formula is C40H50N6O3. The molecule has 0 bridgehead atoms. The third-order valence-electron chi connectivity index (χ3n) is 11.9. The van der Waals surface area contributed by atoms with Crippen LogP contribution in [-0.2, 0) is 4.79 Å². The van der Waals surface area contributed by atoms with Crippen LogP contribution in [-0.4, -0.2) is 76.8 Å². The predicted octanol–water partition coefficient (Wildman–Crippen LogP) is 7.76. The van der Waals surface area contributed by atoms with Gasteiger partial charge in [0.15, 0.2) is 11.5 Å². The first-order valence-electron chi connectivity index (χ1n) is 18.6. The van der Waals surface area contributed by atoms with Crippen LogP contribution in [0.25, 0.3) is 32.9 Å². The number of allylic oxidation sites excluding steroid dienone is 1. The molecule has 2 saturated carbocycles. The lowest BCUT2D eigenvalue weighted by Gasteiger charge is -2.46. The highest BCUT2D eigenvalue weighted by atomic mass is 16.5. The maximum Gasteiger partial charge on any atom is 0.319 e. The van der Waals surface area contributed by atoms with Crippen molar-refractivity contribution in [1.29, 1.82) is 0 Å². The Morgan fingerprint density at radius 3 is 2.57 bits per heavy atom. The van der Waals surface area contributed by atoms with Gasteiger partial charge in [-0.25, -0.2) is 0 Å². The lowest BCUT2D eigenvalue weighted by Crippen LogP contribution is -2.43. The molecule has 258 valence electrons. The van der Waals surface area contributed by atoms with E-state index in [4.69, 9.17) is 19.4 Å². The Labute approximate surface area is 289 Å². The standard InChI is InChI=1S/C40H50N6O3/c1-5-33(47)27-8-7-15-40(23-27)16-20-46(21-17-40)38-30-22-29(26-10-11-26)35(34-25(3)9-12-32-31(34)24-41-44-32)37(48-6-2)36(30)42-39(43-38)49-28-13-18-45(4)19-14-28/h5,9,12,22,24,26-28H,1,6-8,10-11,13-21,23H2,2-4H3,(H,41,44). The molecule has 1 N–H and O–H groups in total. The molecule has 4 heterocycles. The van der Waals surface area contributed by atoms with Gasteiger partial charge < -0.3 is 19.3 Å². The monoisotopic (exact) mass is 662 g/mol. The fraction of sp³-hybridized carbons (Fsp3) is 0.550. The van der Waals surface area contributed by atoms with Crippen molar-refractivity contribution in [3.05, 3.63) is 48.2 Å². The Morgan fingerprint density at radius 1 is 1.04 bits per heavy atom. The Morgan fingerprint density at radius 2 is 1.84 bits per heavy atom. The van der Waals surface area contributed by atoms with E-state index in [2.05, 4.69) is 65.7 Å². The molecule has 0 radical (unpaired) electrons. The minimum atomic E-state index is 0.0790. The summed E-state index contributed by atoms with van der Waals surface area (Å²) in [4.78, 5) is 27.9. The molecule has 2 aromatic heterocycles. The van der Waals surface area contributed by atoms with Crippen LogP contribution in [0.5, 0.6) is 11.8 Å². The first-order chi connectivity index (χ1) is 23.9.